The van der Waals surface area contributed by atoms with E-state index in [0.717, 1.165) is 15.9 Å². The number of nitrogens with one attached hydrogen (secondary N) is 2. The number of nitrogens with zero attached hydrogens (tertiary/aromatic N) is 2. The third-order valence-electron chi connectivity index (χ3n) is 2.90. The van der Waals surface area contributed by atoms with Crippen LogP contribution in [0.3, 0.4) is 0 Å². The van der Waals surface area contributed by atoms with Gasteiger partial charge in [0.05, 0.1) is 5.69 Å². The van der Waals surface area contributed by atoms with E-state index in [0.29, 0.717) is 5.75 Å². The molecule has 1 aromatic heterocycles. The molecule has 0 aliphatic heterocycles. The molecule has 0 saturated carbocycles. The molecule has 0 radical (unpaired) electrons. The molecule has 122 valence electrons. The molecule has 2 N–H and O–H groups in total. The minimum Gasteiger partial charge on any atom is -0.484 e. The standard InChI is InChI=1S/C15H17BrN4O3/c1-10-6-11(2)20(19-10)8-14(21)17-18-15(22)9-23-13-5-3-4-12(16)7-13/h3-7H,8-9H2,1-2H3,(H,17,21)(H,18,22). The van der Waals surface area contributed by atoms with E-state index < -0.39 is 5.91 Å². The Morgan fingerprint density at radius 3 is 2.61 bits per heavy atom. The molecule has 0 aliphatic carbocycles. The predicted octanol–water partition coefficient (Wildman–Crippen LogP) is 1.49. The minimum atomic E-state index is -0.452. The van der Waals surface area contributed by atoms with Gasteiger partial charge in [-0.05, 0) is 38.1 Å². The first kappa shape index (κ1) is 17.0. The fourth-order valence-electron chi connectivity index (χ4n) is 1.89. The van der Waals surface area contributed by atoms with Gasteiger partial charge in [0.25, 0.3) is 11.8 Å². The number of carbonyl (C=O) groups is 2. The molecule has 0 atom stereocenters. The number of carbonyl (C=O) groups excluding carboxylic acids is 2. The Bertz CT molecular complexity index is 714. The maximum atomic E-state index is 11.8. The van der Waals surface area contributed by atoms with Crippen LogP contribution in [0.4, 0.5) is 0 Å². The van der Waals surface area contributed by atoms with Crippen molar-refractivity contribution >= 4 is 27.7 Å². The number of aromatic nitrogens is 2. The molecule has 2 amide bonds. The highest BCUT2D eigenvalue weighted by atomic mass is 79.9. The first-order chi connectivity index (χ1) is 10.9. The first-order valence-electron chi connectivity index (χ1n) is 6.91. The van der Waals surface area contributed by atoms with E-state index in [-0.39, 0.29) is 19.1 Å². The number of rotatable bonds is 5. The highest BCUT2D eigenvalue weighted by molar-refractivity contribution is 9.10. The van der Waals surface area contributed by atoms with Gasteiger partial charge in [0.2, 0.25) is 0 Å². The number of benzene rings is 1. The summed E-state index contributed by atoms with van der Waals surface area (Å²) in [5, 5.41) is 4.18. The molecule has 1 aromatic carbocycles. The van der Waals surface area contributed by atoms with Crippen molar-refractivity contribution in [3.8, 4) is 5.75 Å². The maximum absolute atomic E-state index is 11.8. The third kappa shape index (κ3) is 5.41. The number of amides is 2. The van der Waals surface area contributed by atoms with Crippen LogP contribution < -0.4 is 15.6 Å². The summed E-state index contributed by atoms with van der Waals surface area (Å²) in [6.07, 6.45) is 0. The van der Waals surface area contributed by atoms with E-state index in [1.807, 2.05) is 26.0 Å². The molecule has 7 nitrogen and oxygen atoms in total. The molecule has 0 bridgehead atoms. The van der Waals surface area contributed by atoms with Crippen LogP contribution >= 0.6 is 15.9 Å². The summed E-state index contributed by atoms with van der Waals surface area (Å²) in [5.74, 6) is -0.262. The molecule has 0 aliphatic rings. The van der Waals surface area contributed by atoms with Crippen molar-refractivity contribution in [3.63, 3.8) is 0 Å². The quantitative estimate of drug-likeness (QED) is 0.769. The molecule has 0 spiro atoms. The van der Waals surface area contributed by atoms with Crippen molar-refractivity contribution in [2.45, 2.75) is 20.4 Å². The largest absolute Gasteiger partial charge is 0.484 e. The van der Waals surface area contributed by atoms with Gasteiger partial charge < -0.3 is 4.74 Å². The van der Waals surface area contributed by atoms with Gasteiger partial charge in [-0.3, -0.25) is 25.1 Å². The van der Waals surface area contributed by atoms with Crippen LogP contribution in [0.15, 0.2) is 34.8 Å². The maximum Gasteiger partial charge on any atom is 0.276 e. The van der Waals surface area contributed by atoms with E-state index in [1.165, 1.54) is 0 Å². The van der Waals surface area contributed by atoms with Crippen LogP contribution in [0.5, 0.6) is 5.75 Å². The molecule has 2 aromatic rings. The van der Waals surface area contributed by atoms with Gasteiger partial charge in [-0.15, -0.1) is 0 Å². The number of hydrogen-bond donors (Lipinski definition) is 2. The highest BCUT2D eigenvalue weighted by Crippen LogP contribution is 2.17. The zero-order chi connectivity index (χ0) is 16.8. The number of aryl methyl sites for hydroxylation is 2. The highest BCUT2D eigenvalue weighted by Gasteiger charge is 2.09. The van der Waals surface area contributed by atoms with E-state index in [1.54, 1.807) is 22.9 Å². The second-order valence-corrected chi connectivity index (χ2v) is 5.84. The Morgan fingerprint density at radius 2 is 1.96 bits per heavy atom. The minimum absolute atomic E-state index is 0.0342. The van der Waals surface area contributed by atoms with E-state index in [4.69, 9.17) is 4.74 Å². The van der Waals surface area contributed by atoms with Crippen LogP contribution in [0.25, 0.3) is 0 Å². The lowest BCUT2D eigenvalue weighted by atomic mass is 10.3. The average Bonchev–Trinajstić information content (AvgIpc) is 2.81. The molecule has 1 heterocycles. The van der Waals surface area contributed by atoms with E-state index in [2.05, 4.69) is 31.9 Å². The van der Waals surface area contributed by atoms with Crippen LogP contribution in [-0.4, -0.2) is 28.2 Å². The Kier molecular flexibility index (Phi) is 5.75. The molecular formula is C15H17BrN4O3. The summed E-state index contributed by atoms with van der Waals surface area (Å²) in [6, 6.07) is 9.01. The molecule has 8 heteroatoms. The second kappa shape index (κ2) is 7.77. The summed E-state index contributed by atoms with van der Waals surface area (Å²) in [5.41, 5.74) is 6.34. The lowest BCUT2D eigenvalue weighted by Crippen LogP contribution is -2.45. The molecule has 0 fully saturated rings. The van der Waals surface area contributed by atoms with Gasteiger partial charge in [0.1, 0.15) is 12.3 Å². The van der Waals surface area contributed by atoms with Crippen molar-refractivity contribution in [3.05, 3.63) is 46.2 Å². The average molecular weight is 381 g/mol. The molecule has 2 rings (SSSR count). The summed E-state index contributed by atoms with van der Waals surface area (Å²) in [6.45, 7) is 3.54. The fraction of sp³-hybridized carbons (Fsp3) is 0.267. The lowest BCUT2D eigenvalue weighted by Gasteiger charge is -2.09. The molecular weight excluding hydrogens is 364 g/mol. The zero-order valence-corrected chi connectivity index (χ0v) is 14.4. The van der Waals surface area contributed by atoms with Gasteiger partial charge in [0.15, 0.2) is 6.61 Å². The van der Waals surface area contributed by atoms with E-state index >= 15 is 0 Å². The predicted molar refractivity (Wildman–Crippen MR) is 87.6 cm³/mol. The summed E-state index contributed by atoms with van der Waals surface area (Å²) < 4.78 is 7.73. The number of hydrogen-bond acceptors (Lipinski definition) is 4. The SMILES string of the molecule is Cc1cc(C)n(CC(=O)NNC(=O)COc2cccc(Br)c2)n1. The molecule has 0 saturated heterocycles. The Balaban J connectivity index is 1.73. The van der Waals surface area contributed by atoms with Gasteiger partial charge >= 0.3 is 0 Å². The summed E-state index contributed by atoms with van der Waals surface area (Å²) in [7, 11) is 0. The van der Waals surface area contributed by atoms with E-state index in [9.17, 15) is 9.59 Å². The van der Waals surface area contributed by atoms with Crippen molar-refractivity contribution in [2.75, 3.05) is 6.61 Å². The third-order valence-corrected chi connectivity index (χ3v) is 3.40. The van der Waals surface area contributed by atoms with Crippen molar-refractivity contribution in [1.82, 2.24) is 20.6 Å². The summed E-state index contributed by atoms with van der Waals surface area (Å²) in [4.78, 5) is 23.4. The van der Waals surface area contributed by atoms with Crippen LogP contribution in [-0.2, 0) is 16.1 Å². The molecule has 0 unspecified atom stereocenters. The van der Waals surface area contributed by atoms with Crippen LogP contribution in [0, 0.1) is 13.8 Å². The second-order valence-electron chi connectivity index (χ2n) is 4.93. The van der Waals surface area contributed by atoms with Crippen molar-refractivity contribution in [1.29, 1.82) is 0 Å². The zero-order valence-electron chi connectivity index (χ0n) is 12.8. The number of halogens is 1. The monoisotopic (exact) mass is 380 g/mol. The topological polar surface area (TPSA) is 85.2 Å². The number of hydrazine groups is 1. The van der Waals surface area contributed by atoms with Gasteiger partial charge in [-0.25, -0.2) is 0 Å². The van der Waals surface area contributed by atoms with Crippen molar-refractivity contribution in [2.24, 2.45) is 0 Å². The van der Waals surface area contributed by atoms with Gasteiger partial charge in [-0.2, -0.15) is 5.10 Å². The summed E-state index contributed by atoms with van der Waals surface area (Å²) >= 11 is 3.31. The van der Waals surface area contributed by atoms with Crippen LogP contribution in [0.2, 0.25) is 0 Å². The Hall–Kier alpha value is -2.35. The lowest BCUT2D eigenvalue weighted by molar-refractivity contribution is -0.130. The van der Waals surface area contributed by atoms with Crippen LogP contribution in [0.1, 0.15) is 11.4 Å². The Morgan fingerprint density at radius 1 is 1.22 bits per heavy atom. The van der Waals surface area contributed by atoms with Crippen molar-refractivity contribution < 1.29 is 14.3 Å². The fourth-order valence-corrected chi connectivity index (χ4v) is 2.27. The van der Waals surface area contributed by atoms with Gasteiger partial charge in [0, 0.05) is 10.2 Å². The van der Waals surface area contributed by atoms with Gasteiger partial charge in [-0.1, -0.05) is 22.0 Å². The first-order valence-corrected chi connectivity index (χ1v) is 7.70. The Labute approximate surface area is 142 Å². The number of ether oxygens (including phenoxy) is 1. The smallest absolute Gasteiger partial charge is 0.276 e. The molecule has 23 heavy (non-hydrogen) atoms. The normalized spacial score (nSPS) is 10.2.